The Hall–Kier alpha value is -3.53. The van der Waals surface area contributed by atoms with Crippen LogP contribution in [-0.4, -0.2) is 10.9 Å². The van der Waals surface area contributed by atoms with Crippen molar-refractivity contribution < 1.29 is 9.90 Å². The summed E-state index contributed by atoms with van der Waals surface area (Å²) in [5.41, 5.74) is 6.92. The number of carbonyl (C=O) groups is 1. The normalized spacial score (nSPS) is 20.5. The predicted octanol–water partition coefficient (Wildman–Crippen LogP) is 5.68. The number of aryl methyl sites for hydroxylation is 1. The third-order valence-electron chi connectivity index (χ3n) is 6.06. The Kier molecular flexibility index (Phi) is 4.55. The second-order valence-electron chi connectivity index (χ2n) is 8.17. The van der Waals surface area contributed by atoms with Crippen molar-refractivity contribution in [3.63, 3.8) is 0 Å². The van der Waals surface area contributed by atoms with Gasteiger partial charge in [0.15, 0.2) is 5.78 Å². The van der Waals surface area contributed by atoms with E-state index in [4.69, 9.17) is 0 Å². The van der Waals surface area contributed by atoms with E-state index in [1.54, 1.807) is 12.1 Å². The first-order valence-corrected chi connectivity index (χ1v) is 10.3. The van der Waals surface area contributed by atoms with Crippen molar-refractivity contribution in [3.05, 3.63) is 101 Å². The fraction of sp³-hybridized carbons (Fsp3) is 0.192. The van der Waals surface area contributed by atoms with Gasteiger partial charge in [0.2, 0.25) is 0 Å². The van der Waals surface area contributed by atoms with Crippen LogP contribution in [0.2, 0.25) is 0 Å². The van der Waals surface area contributed by atoms with Gasteiger partial charge >= 0.3 is 0 Å². The fourth-order valence-corrected chi connectivity index (χ4v) is 4.52. The molecule has 4 nitrogen and oxygen atoms in total. The molecule has 1 heterocycles. The van der Waals surface area contributed by atoms with Gasteiger partial charge in [-0.15, -0.1) is 0 Å². The third-order valence-corrected chi connectivity index (χ3v) is 6.06. The molecule has 3 N–H and O–H groups in total. The molecule has 2 aliphatic rings. The first kappa shape index (κ1) is 18.5. The molecule has 3 aromatic rings. The Bertz CT molecular complexity index is 1150. The molecule has 0 aromatic heterocycles. The average Bonchev–Trinajstić information content (AvgIpc) is 2.91. The van der Waals surface area contributed by atoms with Crippen LogP contribution < -0.4 is 10.6 Å². The van der Waals surface area contributed by atoms with Gasteiger partial charge in [-0.05, 0) is 54.7 Å². The second-order valence-corrected chi connectivity index (χ2v) is 8.17. The number of nitrogens with one attached hydrogen (secondary N) is 2. The Labute approximate surface area is 176 Å². The number of Topliss-reactive ketones (excluding diaryl/α,β-unsaturated/α-hetero) is 1. The number of para-hydroxylation sites is 2. The maximum Gasteiger partial charge on any atom is 0.163 e. The fourth-order valence-electron chi connectivity index (χ4n) is 4.52. The molecule has 0 radical (unpaired) electrons. The van der Waals surface area contributed by atoms with Crippen molar-refractivity contribution in [1.29, 1.82) is 0 Å². The third kappa shape index (κ3) is 3.35. The number of hydrogen-bond donors (Lipinski definition) is 3. The average molecular weight is 396 g/mol. The number of aromatic hydroxyl groups is 1. The van der Waals surface area contributed by atoms with E-state index in [1.807, 2.05) is 36.4 Å². The largest absolute Gasteiger partial charge is 0.508 e. The van der Waals surface area contributed by atoms with E-state index in [2.05, 4.69) is 41.8 Å². The number of benzene rings is 3. The van der Waals surface area contributed by atoms with Gasteiger partial charge in [-0.3, -0.25) is 4.79 Å². The molecule has 30 heavy (non-hydrogen) atoms. The molecule has 0 saturated heterocycles. The molecule has 0 unspecified atom stereocenters. The van der Waals surface area contributed by atoms with Gasteiger partial charge in [0.1, 0.15) is 5.75 Å². The highest BCUT2D eigenvalue weighted by atomic mass is 16.3. The number of rotatable bonds is 2. The van der Waals surface area contributed by atoms with Crippen molar-refractivity contribution >= 4 is 17.2 Å². The summed E-state index contributed by atoms with van der Waals surface area (Å²) in [5.74, 6) is 0.491. The molecular weight excluding hydrogens is 372 g/mol. The zero-order valence-corrected chi connectivity index (χ0v) is 16.9. The smallest absolute Gasteiger partial charge is 0.163 e. The molecule has 1 aliphatic carbocycles. The Morgan fingerprint density at radius 1 is 0.867 bits per heavy atom. The highest BCUT2D eigenvalue weighted by Gasteiger charge is 2.36. The summed E-state index contributed by atoms with van der Waals surface area (Å²) >= 11 is 0. The van der Waals surface area contributed by atoms with Crippen LogP contribution in [0.25, 0.3) is 0 Å². The lowest BCUT2D eigenvalue weighted by Crippen LogP contribution is -2.26. The monoisotopic (exact) mass is 396 g/mol. The number of phenols is 1. The zero-order valence-electron chi connectivity index (χ0n) is 16.9. The van der Waals surface area contributed by atoms with Crippen LogP contribution in [0.5, 0.6) is 5.75 Å². The maximum absolute atomic E-state index is 13.5. The molecule has 150 valence electrons. The summed E-state index contributed by atoms with van der Waals surface area (Å²) in [4.78, 5) is 13.5. The molecule has 0 fully saturated rings. The lowest BCUT2D eigenvalue weighted by Gasteiger charge is -2.30. The molecule has 2 atom stereocenters. The molecule has 5 rings (SSSR count). The number of ketones is 1. The quantitative estimate of drug-likeness (QED) is 0.521. The van der Waals surface area contributed by atoms with Crippen LogP contribution >= 0.6 is 0 Å². The molecular formula is C26H24N2O2. The molecule has 1 aliphatic heterocycles. The van der Waals surface area contributed by atoms with Gasteiger partial charge in [0.25, 0.3) is 0 Å². The van der Waals surface area contributed by atoms with Crippen LogP contribution in [-0.2, 0) is 4.79 Å². The van der Waals surface area contributed by atoms with Gasteiger partial charge in [-0.2, -0.15) is 0 Å². The first-order valence-electron chi connectivity index (χ1n) is 10.3. The minimum atomic E-state index is -0.310. The van der Waals surface area contributed by atoms with E-state index >= 15 is 0 Å². The number of allylic oxidation sites excluding steroid dienone is 1. The second kappa shape index (κ2) is 7.38. The number of fused-ring (bicyclic) bond motifs is 1. The van der Waals surface area contributed by atoms with Gasteiger partial charge in [0, 0.05) is 17.7 Å². The Balaban J connectivity index is 1.61. The lowest BCUT2D eigenvalue weighted by molar-refractivity contribution is -0.116. The van der Waals surface area contributed by atoms with Crippen molar-refractivity contribution in [1.82, 2.24) is 0 Å². The number of phenolic OH excluding ortho intramolecular Hbond substituents is 1. The van der Waals surface area contributed by atoms with E-state index in [0.717, 1.165) is 34.6 Å². The van der Waals surface area contributed by atoms with Crippen molar-refractivity contribution in [2.45, 2.75) is 31.7 Å². The van der Waals surface area contributed by atoms with Crippen LogP contribution in [0, 0.1) is 6.92 Å². The van der Waals surface area contributed by atoms with Gasteiger partial charge in [0.05, 0.1) is 17.4 Å². The first-order chi connectivity index (χ1) is 14.6. The van der Waals surface area contributed by atoms with Gasteiger partial charge in [-0.25, -0.2) is 0 Å². The van der Waals surface area contributed by atoms with Gasteiger partial charge < -0.3 is 15.7 Å². The Morgan fingerprint density at radius 3 is 2.40 bits per heavy atom. The summed E-state index contributed by atoms with van der Waals surface area (Å²) in [6, 6.07) is 23.3. The summed E-state index contributed by atoms with van der Waals surface area (Å²) in [5, 5.41) is 17.1. The molecule has 4 heteroatoms. The van der Waals surface area contributed by atoms with Crippen molar-refractivity contribution in [2.24, 2.45) is 0 Å². The van der Waals surface area contributed by atoms with E-state index in [1.165, 1.54) is 11.1 Å². The van der Waals surface area contributed by atoms with Gasteiger partial charge in [-0.1, -0.05) is 54.1 Å². The van der Waals surface area contributed by atoms with E-state index < -0.39 is 0 Å². The maximum atomic E-state index is 13.5. The summed E-state index contributed by atoms with van der Waals surface area (Å²) < 4.78 is 0. The molecule has 0 saturated carbocycles. The summed E-state index contributed by atoms with van der Waals surface area (Å²) in [7, 11) is 0. The standard InChI is InChI=1S/C26H24N2O2/c1-16-9-11-17(12-10-16)19-14-23-25(24(30)15-19)26(18-5-4-6-20(29)13-18)28-22-8-3-2-7-21(22)27-23/h2-13,19,26-29H,14-15H2,1H3/t19-,26-/m0/s1. The zero-order chi connectivity index (χ0) is 20.7. The van der Waals surface area contributed by atoms with Crippen LogP contribution in [0.3, 0.4) is 0 Å². The van der Waals surface area contributed by atoms with E-state index in [-0.39, 0.29) is 23.5 Å². The topological polar surface area (TPSA) is 61.4 Å². The predicted molar refractivity (Wildman–Crippen MR) is 120 cm³/mol. The van der Waals surface area contributed by atoms with Crippen molar-refractivity contribution in [3.8, 4) is 5.75 Å². The minimum absolute atomic E-state index is 0.142. The molecule has 0 bridgehead atoms. The SMILES string of the molecule is Cc1ccc([C@@H]2CC(=O)C3=C(C2)Nc2ccccc2N[C@H]3c2cccc(O)c2)cc1. The number of carbonyl (C=O) groups excluding carboxylic acids is 1. The summed E-state index contributed by atoms with van der Waals surface area (Å²) in [6.07, 6.45) is 1.26. The minimum Gasteiger partial charge on any atom is -0.508 e. The van der Waals surface area contributed by atoms with Crippen molar-refractivity contribution in [2.75, 3.05) is 10.6 Å². The van der Waals surface area contributed by atoms with Crippen LogP contribution in [0.4, 0.5) is 11.4 Å². The number of anilines is 2. The molecule has 3 aromatic carbocycles. The Morgan fingerprint density at radius 2 is 1.63 bits per heavy atom. The molecule has 0 spiro atoms. The summed E-state index contributed by atoms with van der Waals surface area (Å²) in [6.45, 7) is 2.08. The lowest BCUT2D eigenvalue weighted by atomic mass is 9.78. The van der Waals surface area contributed by atoms with Crippen LogP contribution in [0.15, 0.2) is 84.1 Å². The number of hydrogen-bond acceptors (Lipinski definition) is 4. The van der Waals surface area contributed by atoms with Crippen LogP contribution in [0.1, 0.15) is 41.5 Å². The van der Waals surface area contributed by atoms with E-state index in [9.17, 15) is 9.90 Å². The highest BCUT2D eigenvalue weighted by molar-refractivity contribution is 6.01. The van der Waals surface area contributed by atoms with E-state index in [0.29, 0.717) is 6.42 Å². The highest BCUT2D eigenvalue weighted by Crippen LogP contribution is 2.44. The molecule has 0 amide bonds.